The molecule has 0 aliphatic rings. The lowest BCUT2D eigenvalue weighted by Crippen LogP contribution is -1.80. The summed E-state index contributed by atoms with van der Waals surface area (Å²) >= 11 is 0. The van der Waals surface area contributed by atoms with Crippen LogP contribution in [0.25, 0.3) is 64.9 Å². The van der Waals surface area contributed by atoms with Gasteiger partial charge in [0, 0.05) is 106 Å². The minimum absolute atomic E-state index is 1.08. The van der Waals surface area contributed by atoms with Crippen molar-refractivity contribution in [1.82, 2.24) is 34.9 Å². The number of fused-ring (bicyclic) bond motifs is 6. The van der Waals surface area contributed by atoms with Gasteiger partial charge in [0.05, 0.1) is 11.0 Å². The molecule has 7 heteroatoms. The molecule has 7 aromatic heterocycles. The van der Waals surface area contributed by atoms with E-state index < -0.39 is 0 Å². The Balaban J connectivity index is 0.000000961. The van der Waals surface area contributed by atoms with Crippen molar-refractivity contribution in [1.29, 1.82) is 0 Å². The van der Waals surface area contributed by atoms with E-state index in [9.17, 15) is 0 Å². The molecule has 0 saturated heterocycles. The van der Waals surface area contributed by atoms with E-state index >= 15 is 0 Å². The highest BCUT2D eigenvalue weighted by molar-refractivity contribution is 5.87. The van der Waals surface area contributed by atoms with Gasteiger partial charge < -0.3 is 0 Å². The lowest BCUT2D eigenvalue weighted by molar-refractivity contribution is 1.24. The Bertz CT molecular complexity index is 3170. The van der Waals surface area contributed by atoms with Crippen molar-refractivity contribution >= 4 is 64.9 Å². The van der Waals surface area contributed by atoms with Crippen LogP contribution in [0.2, 0.25) is 0 Å². The summed E-state index contributed by atoms with van der Waals surface area (Å²) in [6.07, 6.45) is 20.3. The summed E-state index contributed by atoms with van der Waals surface area (Å²) in [6.45, 7) is 42.6. The lowest BCUT2D eigenvalue weighted by atomic mass is 10.1. The average molecular weight is 1160 g/mol. The van der Waals surface area contributed by atoms with Crippen molar-refractivity contribution < 1.29 is 0 Å². The average Bonchev–Trinajstić information content (AvgIpc) is 3.65. The summed E-state index contributed by atoms with van der Waals surface area (Å²) in [5.74, 6) is 0. The van der Waals surface area contributed by atoms with E-state index in [1.165, 1.54) is 87.2 Å². The number of aromatic nitrogens is 7. The van der Waals surface area contributed by atoms with Gasteiger partial charge in [0.2, 0.25) is 0 Å². The highest BCUT2D eigenvalue weighted by Crippen LogP contribution is 2.19. The minimum atomic E-state index is 1.08. The number of hydrogen-bond acceptors (Lipinski definition) is 7. The number of benzene rings is 6. The molecule has 0 amide bonds. The third-order valence-electron chi connectivity index (χ3n) is 12.1. The number of pyridine rings is 7. The van der Waals surface area contributed by atoms with Crippen LogP contribution >= 0.6 is 0 Å². The van der Waals surface area contributed by atoms with Crippen LogP contribution in [0.4, 0.5) is 0 Å². The first-order valence-corrected chi connectivity index (χ1v) is 31.3. The highest BCUT2D eigenvalue weighted by Gasteiger charge is 1.98. The number of para-hydroxylation sites is 1. The summed E-state index contributed by atoms with van der Waals surface area (Å²) in [5, 5.41) is 12.5. The topological polar surface area (TPSA) is 90.2 Å². The van der Waals surface area contributed by atoms with Gasteiger partial charge in [-0.1, -0.05) is 218 Å². The van der Waals surface area contributed by atoms with Crippen molar-refractivity contribution in [2.75, 3.05) is 0 Å². The molecule has 13 rings (SSSR count). The zero-order chi connectivity index (χ0) is 65.2. The smallest absolute Gasteiger partial charge is 0.0704 e. The van der Waals surface area contributed by atoms with Gasteiger partial charge in [-0.3, -0.25) is 34.9 Å². The molecule has 6 aromatic carbocycles. The number of hydrogen-bond donors (Lipinski definition) is 0. The Kier molecular flexibility index (Phi) is 44.1. The van der Waals surface area contributed by atoms with Gasteiger partial charge in [-0.05, 0) is 158 Å². The molecular formula is C80H103N7. The molecule has 7 heterocycles. The zero-order valence-corrected chi connectivity index (χ0v) is 56.7. The van der Waals surface area contributed by atoms with Gasteiger partial charge in [0.1, 0.15) is 0 Å². The predicted octanol–water partition coefficient (Wildman–Crippen LogP) is 23.8. The van der Waals surface area contributed by atoms with E-state index in [4.69, 9.17) is 0 Å². The summed E-state index contributed by atoms with van der Waals surface area (Å²) < 4.78 is 0. The van der Waals surface area contributed by atoms with E-state index in [1.54, 1.807) is 12.4 Å². The first-order valence-electron chi connectivity index (χ1n) is 31.3. The molecule has 0 N–H and O–H groups in total. The second-order valence-electron chi connectivity index (χ2n) is 17.5. The Hall–Kier alpha value is -9.07. The van der Waals surface area contributed by atoms with Crippen molar-refractivity contribution in [2.24, 2.45) is 0 Å². The molecular weight excluding hydrogens is 1060 g/mol. The van der Waals surface area contributed by atoms with Crippen LogP contribution in [0.15, 0.2) is 244 Å². The van der Waals surface area contributed by atoms with Crippen LogP contribution in [0, 0.1) is 48.5 Å². The summed E-state index contributed by atoms with van der Waals surface area (Å²) in [4.78, 5) is 28.8. The standard InChI is InChI=1S/6C10H9N.C6H7N.7C2H6/c1-8-4-2-6-10-9(8)5-3-7-11-10;1-8-3-2-4-9-7-11-6-5-10(8)9;1-8-3-2-4-9-5-6-11-7-10(8)9;1-8-6-11-7-9-4-2-3-5-10(8)9;1-8-10-5-3-2-4-9(10)6-7-11-8;1-8-6-7-11-10-5-3-2-4-9(8)10;1-6-2-4-7-5-3-6;7*1-2/h6*2-7H,1H3;2-5H,1H3;7*1-2H3. The summed E-state index contributed by atoms with van der Waals surface area (Å²) in [6, 6.07) is 59.6. The SMILES string of the molecule is CC.CC.CC.CC.CC.CC.CC.Cc1cccc2ccncc12.Cc1cccc2cnccc12.Cc1cccc2ncccc12.Cc1ccnc2ccccc12.Cc1ccncc1.Cc1cncc2ccccc12.Cc1nccc2ccccc12. The molecule has 0 aliphatic heterocycles. The molecule has 0 unspecified atom stereocenters. The van der Waals surface area contributed by atoms with Crippen molar-refractivity contribution in [2.45, 2.75) is 145 Å². The largest absolute Gasteiger partial charge is 0.265 e. The van der Waals surface area contributed by atoms with Gasteiger partial charge in [0.25, 0.3) is 0 Å². The molecule has 7 nitrogen and oxygen atoms in total. The molecule has 0 saturated carbocycles. The fourth-order valence-corrected chi connectivity index (χ4v) is 8.01. The molecule has 0 fully saturated rings. The maximum Gasteiger partial charge on any atom is 0.0704 e. The van der Waals surface area contributed by atoms with E-state index in [2.05, 4.69) is 154 Å². The van der Waals surface area contributed by atoms with Crippen LogP contribution in [0.3, 0.4) is 0 Å². The number of aryl methyl sites for hydroxylation is 7. The Morgan fingerprint density at radius 1 is 0.207 bits per heavy atom. The van der Waals surface area contributed by atoms with Gasteiger partial charge in [-0.25, -0.2) is 0 Å². The van der Waals surface area contributed by atoms with Gasteiger partial charge in [-0.15, -0.1) is 0 Å². The molecule has 0 spiro atoms. The molecule has 0 aliphatic carbocycles. The van der Waals surface area contributed by atoms with Crippen molar-refractivity contribution in [3.63, 3.8) is 0 Å². The Morgan fingerprint density at radius 2 is 0.586 bits per heavy atom. The molecule has 0 radical (unpaired) electrons. The maximum absolute atomic E-state index is 4.24. The van der Waals surface area contributed by atoms with Crippen LogP contribution in [0.1, 0.15) is 136 Å². The zero-order valence-electron chi connectivity index (χ0n) is 56.7. The van der Waals surface area contributed by atoms with E-state index in [0.717, 1.165) is 16.7 Å². The third-order valence-corrected chi connectivity index (χ3v) is 12.1. The first kappa shape index (κ1) is 77.9. The first-order chi connectivity index (χ1) is 42.7. The number of rotatable bonds is 0. The number of nitrogens with zero attached hydrogens (tertiary/aromatic N) is 7. The van der Waals surface area contributed by atoms with Gasteiger partial charge in [0.15, 0.2) is 0 Å². The predicted molar refractivity (Wildman–Crippen MR) is 387 cm³/mol. The van der Waals surface area contributed by atoms with E-state index in [0.29, 0.717) is 0 Å². The lowest BCUT2D eigenvalue weighted by Gasteiger charge is -1.98. The fraction of sp³-hybridized carbons (Fsp3) is 0.263. The van der Waals surface area contributed by atoms with E-state index in [-0.39, 0.29) is 0 Å². The Morgan fingerprint density at radius 3 is 1.15 bits per heavy atom. The summed E-state index contributed by atoms with van der Waals surface area (Å²) in [7, 11) is 0. The van der Waals surface area contributed by atoms with Gasteiger partial charge in [-0.2, -0.15) is 0 Å². The summed E-state index contributed by atoms with van der Waals surface area (Å²) in [5.41, 5.74) is 10.9. The molecule has 458 valence electrons. The second kappa shape index (κ2) is 49.2. The normalized spacial score (nSPS) is 8.98. The monoisotopic (exact) mass is 1160 g/mol. The third kappa shape index (κ3) is 27.7. The van der Waals surface area contributed by atoms with Crippen LogP contribution in [-0.4, -0.2) is 34.9 Å². The van der Waals surface area contributed by atoms with E-state index in [1.807, 2.05) is 258 Å². The molecule has 87 heavy (non-hydrogen) atoms. The second-order valence-corrected chi connectivity index (χ2v) is 17.5. The van der Waals surface area contributed by atoms with Crippen LogP contribution < -0.4 is 0 Å². The fourth-order valence-electron chi connectivity index (χ4n) is 8.01. The highest BCUT2D eigenvalue weighted by atomic mass is 14.7. The minimum Gasteiger partial charge on any atom is -0.265 e. The maximum atomic E-state index is 4.24. The van der Waals surface area contributed by atoms with Gasteiger partial charge >= 0.3 is 0 Å². The van der Waals surface area contributed by atoms with Crippen LogP contribution in [0.5, 0.6) is 0 Å². The molecule has 13 aromatic rings. The van der Waals surface area contributed by atoms with Crippen LogP contribution in [-0.2, 0) is 0 Å². The van der Waals surface area contributed by atoms with Crippen molar-refractivity contribution in [3.05, 3.63) is 283 Å². The Labute approximate surface area is 525 Å². The quantitative estimate of drug-likeness (QED) is 0.149. The molecule has 0 bridgehead atoms. The molecule has 0 atom stereocenters. The van der Waals surface area contributed by atoms with Crippen molar-refractivity contribution in [3.8, 4) is 0 Å².